The molecule has 0 fully saturated rings. The Hall–Kier alpha value is -0.700. The molecule has 1 aromatic carbocycles. The Kier molecular flexibility index (Phi) is 3.66. The summed E-state index contributed by atoms with van der Waals surface area (Å²) in [6.07, 6.45) is 0. The van der Waals surface area contributed by atoms with E-state index in [1.54, 1.807) is 0 Å². The number of hydrogen-bond acceptors (Lipinski definition) is 1. The van der Waals surface area contributed by atoms with Crippen molar-refractivity contribution in [2.75, 3.05) is 0 Å². The summed E-state index contributed by atoms with van der Waals surface area (Å²) >= 11 is 5.95. The number of nitrogens with zero attached hydrogens (tertiary/aromatic N) is 1. The number of benzene rings is 1. The fraction of sp³-hybridized carbons (Fsp3) is 0.273. The average molecular weight is 245 g/mol. The molecule has 1 heterocycles. The summed E-state index contributed by atoms with van der Waals surface area (Å²) < 4.78 is 2.13. The highest BCUT2D eigenvalue weighted by Crippen LogP contribution is 2.26. The predicted octanol–water partition coefficient (Wildman–Crippen LogP) is 3.02. The Morgan fingerprint density at radius 3 is 2.67 bits per heavy atom. The smallest absolute Gasteiger partial charge is 0.0484 e. The standard InChI is InChI=1S/C11H13ClN2.ClH/c1-7-9-5-8(12)3-4-10(9)14(2)11(7)6-13;/h3-5H,6,13H2,1-2H3;1H. The maximum absolute atomic E-state index is 5.95. The van der Waals surface area contributed by atoms with Crippen LogP contribution in [-0.2, 0) is 13.6 Å². The molecule has 2 aromatic rings. The topological polar surface area (TPSA) is 30.9 Å². The van der Waals surface area contributed by atoms with E-state index >= 15 is 0 Å². The molecule has 82 valence electrons. The number of aryl methyl sites for hydroxylation is 2. The van der Waals surface area contributed by atoms with E-state index in [9.17, 15) is 0 Å². The molecule has 0 radical (unpaired) electrons. The van der Waals surface area contributed by atoms with Crippen LogP contribution in [0.3, 0.4) is 0 Å². The van der Waals surface area contributed by atoms with Crippen LogP contribution in [-0.4, -0.2) is 4.57 Å². The van der Waals surface area contributed by atoms with Gasteiger partial charge in [-0.25, -0.2) is 0 Å². The van der Waals surface area contributed by atoms with E-state index in [1.165, 1.54) is 22.2 Å². The lowest BCUT2D eigenvalue weighted by molar-refractivity contribution is 0.841. The minimum atomic E-state index is 0. The van der Waals surface area contributed by atoms with Gasteiger partial charge in [-0.2, -0.15) is 0 Å². The molecule has 0 atom stereocenters. The molecule has 1 aromatic heterocycles. The first kappa shape index (κ1) is 12.4. The van der Waals surface area contributed by atoms with E-state index in [0.29, 0.717) is 6.54 Å². The lowest BCUT2D eigenvalue weighted by Crippen LogP contribution is -2.04. The molecule has 0 unspecified atom stereocenters. The second kappa shape index (κ2) is 4.44. The summed E-state index contributed by atoms with van der Waals surface area (Å²) in [7, 11) is 2.03. The van der Waals surface area contributed by atoms with Crippen LogP contribution in [0.2, 0.25) is 5.02 Å². The van der Waals surface area contributed by atoms with Gasteiger partial charge in [0.25, 0.3) is 0 Å². The Morgan fingerprint density at radius 1 is 1.40 bits per heavy atom. The molecule has 0 saturated carbocycles. The van der Waals surface area contributed by atoms with Gasteiger partial charge in [-0.3, -0.25) is 0 Å². The molecular formula is C11H14Cl2N2. The predicted molar refractivity (Wildman–Crippen MR) is 67.8 cm³/mol. The van der Waals surface area contributed by atoms with Crippen LogP contribution >= 0.6 is 24.0 Å². The Labute approximate surface area is 100 Å². The monoisotopic (exact) mass is 244 g/mol. The van der Waals surface area contributed by atoms with Crippen LogP contribution < -0.4 is 5.73 Å². The number of fused-ring (bicyclic) bond motifs is 1. The molecule has 2 nitrogen and oxygen atoms in total. The lowest BCUT2D eigenvalue weighted by atomic mass is 10.1. The normalized spacial score (nSPS) is 10.4. The van der Waals surface area contributed by atoms with Gasteiger partial charge in [0, 0.05) is 35.2 Å². The molecule has 0 amide bonds. The molecule has 0 spiro atoms. The zero-order valence-electron chi connectivity index (χ0n) is 8.75. The van der Waals surface area contributed by atoms with Crippen molar-refractivity contribution in [1.82, 2.24) is 4.57 Å². The molecule has 0 aliphatic rings. The number of aromatic nitrogens is 1. The number of rotatable bonds is 1. The van der Waals surface area contributed by atoms with Gasteiger partial charge in [-0.15, -0.1) is 12.4 Å². The Morgan fingerprint density at radius 2 is 2.07 bits per heavy atom. The largest absolute Gasteiger partial charge is 0.346 e. The van der Waals surface area contributed by atoms with Crippen LogP contribution in [0.25, 0.3) is 10.9 Å². The van der Waals surface area contributed by atoms with Gasteiger partial charge >= 0.3 is 0 Å². The summed E-state index contributed by atoms with van der Waals surface area (Å²) in [5.41, 5.74) is 9.28. The van der Waals surface area contributed by atoms with Crippen LogP contribution in [0.1, 0.15) is 11.3 Å². The zero-order chi connectivity index (χ0) is 10.3. The van der Waals surface area contributed by atoms with E-state index in [0.717, 1.165) is 5.02 Å². The zero-order valence-corrected chi connectivity index (χ0v) is 10.3. The summed E-state index contributed by atoms with van der Waals surface area (Å²) in [6, 6.07) is 5.93. The third-order valence-electron chi connectivity index (χ3n) is 2.76. The summed E-state index contributed by atoms with van der Waals surface area (Å²) in [5.74, 6) is 0. The second-order valence-electron chi connectivity index (χ2n) is 3.50. The minimum Gasteiger partial charge on any atom is -0.346 e. The lowest BCUT2D eigenvalue weighted by Gasteiger charge is -2.00. The van der Waals surface area contributed by atoms with Gasteiger partial charge in [0.2, 0.25) is 0 Å². The van der Waals surface area contributed by atoms with Crippen molar-refractivity contribution in [2.24, 2.45) is 12.8 Å². The number of hydrogen-bond donors (Lipinski definition) is 1. The van der Waals surface area contributed by atoms with Gasteiger partial charge in [-0.05, 0) is 30.7 Å². The second-order valence-corrected chi connectivity index (χ2v) is 3.93. The van der Waals surface area contributed by atoms with Crippen LogP contribution in [0.5, 0.6) is 0 Å². The molecule has 2 rings (SSSR count). The van der Waals surface area contributed by atoms with Gasteiger partial charge in [-0.1, -0.05) is 11.6 Å². The Balaban J connectivity index is 0.00000112. The molecule has 0 bridgehead atoms. The van der Waals surface area contributed by atoms with Crippen molar-refractivity contribution in [2.45, 2.75) is 13.5 Å². The highest BCUT2D eigenvalue weighted by atomic mass is 35.5. The molecule has 4 heteroatoms. The van der Waals surface area contributed by atoms with Crippen molar-refractivity contribution in [3.63, 3.8) is 0 Å². The number of halogens is 2. The molecule has 2 N–H and O–H groups in total. The van der Waals surface area contributed by atoms with Crippen molar-refractivity contribution >= 4 is 34.9 Å². The summed E-state index contributed by atoms with van der Waals surface area (Å²) in [5, 5.41) is 1.97. The van der Waals surface area contributed by atoms with Crippen molar-refractivity contribution < 1.29 is 0 Å². The Bertz CT molecular complexity index is 489. The fourth-order valence-corrected chi connectivity index (χ4v) is 2.12. The first-order chi connectivity index (χ1) is 6.65. The maximum Gasteiger partial charge on any atom is 0.0484 e. The van der Waals surface area contributed by atoms with Crippen LogP contribution in [0, 0.1) is 6.92 Å². The molecule has 0 aliphatic carbocycles. The highest BCUT2D eigenvalue weighted by molar-refractivity contribution is 6.31. The van der Waals surface area contributed by atoms with Gasteiger partial charge in [0.15, 0.2) is 0 Å². The van der Waals surface area contributed by atoms with Crippen molar-refractivity contribution in [3.8, 4) is 0 Å². The average Bonchev–Trinajstić information content (AvgIpc) is 2.39. The third kappa shape index (κ3) is 1.85. The molecule has 0 saturated heterocycles. The van der Waals surface area contributed by atoms with E-state index < -0.39 is 0 Å². The maximum atomic E-state index is 5.95. The SMILES string of the molecule is Cc1c(CN)n(C)c2ccc(Cl)cc12.Cl. The van der Waals surface area contributed by atoms with E-state index in [2.05, 4.69) is 11.5 Å². The van der Waals surface area contributed by atoms with Crippen LogP contribution in [0.15, 0.2) is 18.2 Å². The van der Waals surface area contributed by atoms with Gasteiger partial charge in [0.1, 0.15) is 0 Å². The molecular weight excluding hydrogens is 231 g/mol. The van der Waals surface area contributed by atoms with Gasteiger partial charge in [0.05, 0.1) is 0 Å². The van der Waals surface area contributed by atoms with Crippen molar-refractivity contribution in [1.29, 1.82) is 0 Å². The minimum absolute atomic E-state index is 0. The van der Waals surface area contributed by atoms with E-state index in [-0.39, 0.29) is 12.4 Å². The molecule has 0 aliphatic heterocycles. The third-order valence-corrected chi connectivity index (χ3v) is 2.99. The summed E-state index contributed by atoms with van der Waals surface area (Å²) in [6.45, 7) is 2.65. The first-order valence-electron chi connectivity index (χ1n) is 4.58. The molecule has 15 heavy (non-hydrogen) atoms. The van der Waals surface area contributed by atoms with E-state index in [1.807, 2.05) is 25.2 Å². The highest BCUT2D eigenvalue weighted by Gasteiger charge is 2.09. The summed E-state index contributed by atoms with van der Waals surface area (Å²) in [4.78, 5) is 0. The number of nitrogens with two attached hydrogens (primary N) is 1. The van der Waals surface area contributed by atoms with Crippen molar-refractivity contribution in [3.05, 3.63) is 34.5 Å². The van der Waals surface area contributed by atoms with Gasteiger partial charge < -0.3 is 10.3 Å². The van der Waals surface area contributed by atoms with Crippen LogP contribution in [0.4, 0.5) is 0 Å². The quantitative estimate of drug-likeness (QED) is 0.822. The van der Waals surface area contributed by atoms with E-state index in [4.69, 9.17) is 17.3 Å². The first-order valence-corrected chi connectivity index (χ1v) is 4.96. The fourth-order valence-electron chi connectivity index (χ4n) is 1.94.